The Hall–Kier alpha value is -0.850. The van der Waals surface area contributed by atoms with E-state index in [1.54, 1.807) is 0 Å². The fourth-order valence-corrected chi connectivity index (χ4v) is 5.21. The van der Waals surface area contributed by atoms with Gasteiger partial charge in [-0.15, -0.1) is 0 Å². The lowest BCUT2D eigenvalue weighted by Crippen LogP contribution is -2.58. The first-order valence-corrected chi connectivity index (χ1v) is 8.90. The van der Waals surface area contributed by atoms with Crippen molar-refractivity contribution in [3.05, 3.63) is 23.7 Å². The summed E-state index contributed by atoms with van der Waals surface area (Å²) in [5.41, 5.74) is 5.50. The van der Waals surface area contributed by atoms with Crippen molar-refractivity contribution in [2.24, 2.45) is 5.73 Å². The van der Waals surface area contributed by atoms with Gasteiger partial charge in [0.05, 0.1) is 17.3 Å². The van der Waals surface area contributed by atoms with E-state index >= 15 is 0 Å². The maximum absolute atomic E-state index is 12.1. The van der Waals surface area contributed by atoms with E-state index in [1.165, 1.54) is 6.26 Å². The van der Waals surface area contributed by atoms with Gasteiger partial charge in [-0.3, -0.25) is 4.90 Å². The van der Waals surface area contributed by atoms with Crippen LogP contribution < -0.4 is 5.73 Å². The zero-order valence-corrected chi connectivity index (χ0v) is 13.2. The summed E-state index contributed by atoms with van der Waals surface area (Å²) in [5.74, 6) is 1.71. The molecule has 1 fully saturated rings. The maximum atomic E-state index is 12.1. The zero-order valence-electron chi connectivity index (χ0n) is 12.4. The van der Waals surface area contributed by atoms with Crippen molar-refractivity contribution in [3.63, 3.8) is 0 Å². The van der Waals surface area contributed by atoms with E-state index in [2.05, 4.69) is 4.90 Å². The molecule has 1 saturated carbocycles. The van der Waals surface area contributed by atoms with Crippen molar-refractivity contribution in [2.75, 3.05) is 19.8 Å². The summed E-state index contributed by atoms with van der Waals surface area (Å²) in [6, 6.07) is 3.85. The highest BCUT2D eigenvalue weighted by molar-refractivity contribution is 7.91. The second-order valence-corrected chi connectivity index (χ2v) is 8.11. The molecule has 114 valence electrons. The fraction of sp³-hybridized carbons (Fsp3) is 0.714. The predicted molar refractivity (Wildman–Crippen MR) is 79.2 cm³/mol. The number of nitrogens with zero attached hydrogens (tertiary/aromatic N) is 1. The first-order valence-electron chi connectivity index (χ1n) is 6.95. The summed E-state index contributed by atoms with van der Waals surface area (Å²) in [5, 5.41) is -0.388. The number of hydrogen-bond donors (Lipinski definition) is 1. The van der Waals surface area contributed by atoms with Gasteiger partial charge in [-0.25, -0.2) is 8.42 Å². The average molecular weight is 300 g/mol. The average Bonchev–Trinajstić information content (AvgIpc) is 2.95. The minimum atomic E-state index is -3.11. The number of aryl methyl sites for hydroxylation is 1. The van der Waals surface area contributed by atoms with Gasteiger partial charge >= 0.3 is 0 Å². The van der Waals surface area contributed by atoms with E-state index in [-0.39, 0.29) is 5.25 Å². The molecule has 0 aromatic carbocycles. The van der Waals surface area contributed by atoms with Crippen molar-refractivity contribution >= 4 is 9.84 Å². The lowest BCUT2D eigenvalue weighted by Gasteiger charge is -2.41. The molecule has 1 heterocycles. The standard InChI is InChI=1S/C14H24N2O3S/c1-11-6-7-12(19-11)9-16(2)14(10-15)8-4-5-13(14)20(3,17)18/h6-7,13H,4-5,8-10,15H2,1-3H3. The lowest BCUT2D eigenvalue weighted by molar-refractivity contribution is 0.117. The third-order valence-corrected chi connectivity index (χ3v) is 6.20. The van der Waals surface area contributed by atoms with Gasteiger partial charge in [0.15, 0.2) is 9.84 Å². The molecule has 1 aliphatic rings. The summed E-state index contributed by atoms with van der Waals surface area (Å²) >= 11 is 0. The van der Waals surface area contributed by atoms with Crippen molar-refractivity contribution < 1.29 is 12.8 Å². The molecule has 0 radical (unpaired) electrons. The highest BCUT2D eigenvalue weighted by Crippen LogP contribution is 2.39. The van der Waals surface area contributed by atoms with Crippen LogP contribution in [0.5, 0.6) is 0 Å². The predicted octanol–water partition coefficient (Wildman–Crippen LogP) is 1.31. The minimum Gasteiger partial charge on any atom is -0.465 e. The largest absolute Gasteiger partial charge is 0.465 e. The summed E-state index contributed by atoms with van der Waals surface area (Å²) in [6.07, 6.45) is 3.73. The fourth-order valence-electron chi connectivity index (χ4n) is 3.42. The number of hydrogen-bond acceptors (Lipinski definition) is 5. The third-order valence-electron chi connectivity index (χ3n) is 4.49. The molecule has 6 heteroatoms. The maximum Gasteiger partial charge on any atom is 0.152 e. The molecule has 1 aromatic rings. The molecule has 1 aliphatic carbocycles. The van der Waals surface area contributed by atoms with E-state index in [1.807, 2.05) is 26.1 Å². The van der Waals surface area contributed by atoms with Crippen LogP contribution in [-0.2, 0) is 16.4 Å². The number of furan rings is 1. The van der Waals surface area contributed by atoms with Crippen LogP contribution in [0.15, 0.2) is 16.5 Å². The number of rotatable bonds is 5. The normalized spacial score (nSPS) is 27.4. The van der Waals surface area contributed by atoms with Gasteiger partial charge in [0.25, 0.3) is 0 Å². The first-order chi connectivity index (χ1) is 9.29. The van der Waals surface area contributed by atoms with Crippen LogP contribution in [0.2, 0.25) is 0 Å². The van der Waals surface area contributed by atoms with Crippen molar-refractivity contribution in [3.8, 4) is 0 Å². The molecule has 0 amide bonds. The Labute approximate surface area is 121 Å². The summed E-state index contributed by atoms with van der Waals surface area (Å²) in [4.78, 5) is 2.06. The number of nitrogens with two attached hydrogens (primary N) is 1. The smallest absolute Gasteiger partial charge is 0.152 e. The van der Waals surface area contributed by atoms with Gasteiger partial charge in [0.1, 0.15) is 11.5 Å². The van der Waals surface area contributed by atoms with E-state index in [9.17, 15) is 8.42 Å². The van der Waals surface area contributed by atoms with E-state index in [0.29, 0.717) is 19.5 Å². The van der Waals surface area contributed by atoms with Gasteiger partial charge < -0.3 is 10.2 Å². The van der Waals surface area contributed by atoms with Crippen LogP contribution in [0.3, 0.4) is 0 Å². The van der Waals surface area contributed by atoms with Gasteiger partial charge in [-0.2, -0.15) is 0 Å². The van der Waals surface area contributed by atoms with Crippen molar-refractivity contribution in [1.82, 2.24) is 4.90 Å². The Bertz CT molecular complexity index is 567. The zero-order chi connectivity index (χ0) is 15.0. The quantitative estimate of drug-likeness (QED) is 0.887. The molecule has 5 nitrogen and oxygen atoms in total. The van der Waals surface area contributed by atoms with Gasteiger partial charge in [-0.1, -0.05) is 6.42 Å². The first kappa shape index (κ1) is 15.5. The molecule has 2 N–H and O–H groups in total. The molecular formula is C14H24N2O3S. The minimum absolute atomic E-state index is 0.348. The third kappa shape index (κ3) is 2.77. The van der Waals surface area contributed by atoms with Crippen LogP contribution in [-0.4, -0.2) is 44.0 Å². The molecule has 0 aliphatic heterocycles. The highest BCUT2D eigenvalue weighted by Gasteiger charge is 2.49. The van der Waals surface area contributed by atoms with Crippen LogP contribution in [0.25, 0.3) is 0 Å². The highest BCUT2D eigenvalue weighted by atomic mass is 32.2. The van der Waals surface area contributed by atoms with Gasteiger partial charge in [0.2, 0.25) is 0 Å². The van der Waals surface area contributed by atoms with E-state index in [0.717, 1.165) is 24.4 Å². The van der Waals surface area contributed by atoms with Gasteiger partial charge in [0, 0.05) is 12.8 Å². The molecular weight excluding hydrogens is 276 g/mol. The molecule has 0 saturated heterocycles. The molecule has 2 rings (SSSR count). The van der Waals surface area contributed by atoms with Crippen LogP contribution in [0.4, 0.5) is 0 Å². The van der Waals surface area contributed by atoms with Gasteiger partial charge in [-0.05, 0) is 38.9 Å². The Kier molecular flexibility index (Phi) is 4.27. The Morgan fingerprint density at radius 1 is 1.50 bits per heavy atom. The Morgan fingerprint density at radius 3 is 2.70 bits per heavy atom. The second kappa shape index (κ2) is 5.50. The molecule has 2 unspecified atom stereocenters. The molecule has 0 bridgehead atoms. The Morgan fingerprint density at radius 2 is 2.20 bits per heavy atom. The van der Waals surface area contributed by atoms with E-state index < -0.39 is 15.4 Å². The summed E-state index contributed by atoms with van der Waals surface area (Å²) in [6.45, 7) is 2.83. The molecule has 0 spiro atoms. The van der Waals surface area contributed by atoms with Crippen LogP contribution in [0.1, 0.15) is 30.8 Å². The monoisotopic (exact) mass is 300 g/mol. The van der Waals surface area contributed by atoms with Crippen molar-refractivity contribution in [1.29, 1.82) is 0 Å². The van der Waals surface area contributed by atoms with Crippen molar-refractivity contribution in [2.45, 2.75) is 43.5 Å². The topological polar surface area (TPSA) is 76.5 Å². The number of likely N-dealkylation sites (N-methyl/N-ethyl adjacent to an activating group) is 1. The number of sulfone groups is 1. The molecule has 2 atom stereocenters. The SMILES string of the molecule is Cc1ccc(CN(C)C2(CN)CCCC2S(C)(=O)=O)o1. The van der Waals surface area contributed by atoms with Crippen LogP contribution in [0, 0.1) is 6.92 Å². The second-order valence-electron chi connectivity index (χ2n) is 5.89. The molecule has 1 aromatic heterocycles. The molecule has 20 heavy (non-hydrogen) atoms. The van der Waals surface area contributed by atoms with E-state index in [4.69, 9.17) is 10.2 Å². The summed E-state index contributed by atoms with van der Waals surface area (Å²) < 4.78 is 29.7. The Balaban J connectivity index is 2.25. The van der Waals surface area contributed by atoms with Crippen LogP contribution >= 0.6 is 0 Å². The summed E-state index contributed by atoms with van der Waals surface area (Å²) in [7, 11) is -1.17. The lowest BCUT2D eigenvalue weighted by atomic mass is 9.95.